The van der Waals surface area contributed by atoms with Gasteiger partial charge in [-0.05, 0) is 19.1 Å². The second-order valence-corrected chi connectivity index (χ2v) is 7.92. The molecule has 0 radical (unpaired) electrons. The molecule has 9 nitrogen and oxygen atoms in total. The molecule has 1 aliphatic heterocycles. The minimum atomic E-state index is -0.905. The lowest BCUT2D eigenvalue weighted by atomic mass is 9.93. The van der Waals surface area contributed by atoms with Crippen LogP contribution in [0.1, 0.15) is 40.3 Å². The number of carbonyl (C=O) groups excluding carboxylic acids is 1. The molecule has 5 rings (SSSR count). The molecule has 0 fully saturated rings. The first-order chi connectivity index (χ1) is 16.2. The van der Waals surface area contributed by atoms with Crippen molar-refractivity contribution in [3.8, 4) is 34.2 Å². The number of benzene rings is 1. The highest BCUT2D eigenvalue weighted by Crippen LogP contribution is 2.40. The van der Waals surface area contributed by atoms with Crippen LogP contribution in [0.3, 0.4) is 0 Å². The number of ketones is 1. The Bertz CT molecular complexity index is 1550. The average molecular weight is 461 g/mol. The maximum absolute atomic E-state index is 15.2. The minimum Gasteiger partial charge on any atom is -0.482 e. The van der Waals surface area contributed by atoms with Gasteiger partial charge < -0.3 is 10.5 Å². The predicted molar refractivity (Wildman–Crippen MR) is 117 cm³/mol. The Hall–Kier alpha value is -4.59. The number of carbonyl (C=O) groups is 1. The molecule has 11 heteroatoms. The van der Waals surface area contributed by atoms with E-state index in [-0.39, 0.29) is 50.9 Å². The molecule has 0 saturated heterocycles. The van der Waals surface area contributed by atoms with Gasteiger partial charge in [-0.15, -0.1) is 0 Å². The van der Waals surface area contributed by atoms with Crippen molar-refractivity contribution in [3.63, 3.8) is 0 Å². The van der Waals surface area contributed by atoms with Gasteiger partial charge in [0.15, 0.2) is 17.3 Å². The van der Waals surface area contributed by atoms with Gasteiger partial charge in [-0.2, -0.15) is 15.5 Å². The number of nitriles is 1. The standard InChI is InChI=1S/C23H17F2N7O2/c1-10-13-5-12(24)6-15(25)19(13)20-14(9-31(2)30-20)22(33)21-18(16(7-26)29-32(21)3)11-4-17(34-10)23(27)28-8-11/h4-6,8-10H,1-3H3,(H2,27,28)/t10-/m1/s1. The Balaban J connectivity index is 1.93. The van der Waals surface area contributed by atoms with Crippen molar-refractivity contribution in [1.82, 2.24) is 24.5 Å². The van der Waals surface area contributed by atoms with Crippen LogP contribution in [-0.2, 0) is 14.1 Å². The number of halogens is 2. The van der Waals surface area contributed by atoms with Crippen LogP contribution in [-0.4, -0.2) is 30.3 Å². The van der Waals surface area contributed by atoms with Gasteiger partial charge in [0.1, 0.15) is 35.2 Å². The second-order valence-electron chi connectivity index (χ2n) is 7.92. The first-order valence-corrected chi connectivity index (χ1v) is 10.2. The third-order valence-electron chi connectivity index (χ3n) is 5.68. The number of nitrogens with zero attached hydrogens (tertiary/aromatic N) is 6. The smallest absolute Gasteiger partial charge is 0.215 e. The van der Waals surface area contributed by atoms with E-state index in [1.807, 2.05) is 6.07 Å². The molecule has 2 N–H and O–H groups in total. The number of aryl methyl sites for hydroxylation is 2. The molecule has 1 atom stereocenters. The molecule has 1 aromatic carbocycles. The van der Waals surface area contributed by atoms with Gasteiger partial charge in [0, 0.05) is 49.2 Å². The molecule has 0 aliphatic carbocycles. The van der Waals surface area contributed by atoms with E-state index in [0.717, 1.165) is 12.1 Å². The average Bonchev–Trinajstić information content (AvgIpc) is 3.33. The Labute approximate surface area is 192 Å². The van der Waals surface area contributed by atoms with Gasteiger partial charge in [0.2, 0.25) is 5.78 Å². The summed E-state index contributed by atoms with van der Waals surface area (Å²) < 4.78 is 38.1. The Morgan fingerprint density at radius 3 is 2.68 bits per heavy atom. The second kappa shape index (κ2) is 7.48. The Kier molecular flexibility index (Phi) is 4.68. The van der Waals surface area contributed by atoms with Gasteiger partial charge in [-0.25, -0.2) is 13.8 Å². The highest BCUT2D eigenvalue weighted by Gasteiger charge is 2.32. The van der Waals surface area contributed by atoms with Crippen LogP contribution in [0.5, 0.6) is 5.75 Å². The number of hydrogen-bond acceptors (Lipinski definition) is 7. The molecule has 0 spiro atoms. The van der Waals surface area contributed by atoms with Crippen LogP contribution in [0.4, 0.5) is 14.6 Å². The molecular formula is C23H17F2N7O2. The van der Waals surface area contributed by atoms with E-state index < -0.39 is 23.5 Å². The summed E-state index contributed by atoms with van der Waals surface area (Å²) in [5, 5.41) is 18.2. The highest BCUT2D eigenvalue weighted by atomic mass is 19.1. The summed E-state index contributed by atoms with van der Waals surface area (Å²) in [6.45, 7) is 1.59. The number of ether oxygens (including phenoxy) is 1. The number of nitrogen functional groups attached to an aromatic ring is 1. The lowest BCUT2D eigenvalue weighted by molar-refractivity contribution is 0.103. The summed E-state index contributed by atoms with van der Waals surface area (Å²) in [7, 11) is 3.10. The van der Waals surface area contributed by atoms with E-state index in [4.69, 9.17) is 10.5 Å². The van der Waals surface area contributed by atoms with Gasteiger partial charge in [0.05, 0.1) is 11.1 Å². The van der Waals surface area contributed by atoms with Crippen molar-refractivity contribution in [2.24, 2.45) is 14.1 Å². The van der Waals surface area contributed by atoms with Crippen LogP contribution < -0.4 is 10.5 Å². The summed E-state index contributed by atoms with van der Waals surface area (Å²) in [5.41, 5.74) is 6.80. The van der Waals surface area contributed by atoms with Gasteiger partial charge in [0.25, 0.3) is 0 Å². The summed E-state index contributed by atoms with van der Waals surface area (Å²) in [6.07, 6.45) is 1.95. The fourth-order valence-corrected chi connectivity index (χ4v) is 4.21. The number of rotatable bonds is 0. The van der Waals surface area contributed by atoms with Crippen LogP contribution in [0.25, 0.3) is 22.4 Å². The number of aromatic nitrogens is 5. The number of anilines is 1. The predicted octanol–water partition coefficient (Wildman–Crippen LogP) is 3.30. The summed E-state index contributed by atoms with van der Waals surface area (Å²) >= 11 is 0. The molecule has 34 heavy (non-hydrogen) atoms. The monoisotopic (exact) mass is 461 g/mol. The molecule has 0 amide bonds. The fraction of sp³-hybridized carbons (Fsp3) is 0.174. The van der Waals surface area contributed by atoms with Gasteiger partial charge in [-0.1, -0.05) is 0 Å². The van der Waals surface area contributed by atoms with Gasteiger partial charge >= 0.3 is 0 Å². The Morgan fingerprint density at radius 1 is 1.18 bits per heavy atom. The fourth-order valence-electron chi connectivity index (χ4n) is 4.21. The number of fused-ring (bicyclic) bond motifs is 7. The normalized spacial score (nSPS) is 14.7. The summed E-state index contributed by atoms with van der Waals surface area (Å²) in [6, 6.07) is 5.37. The molecule has 0 unspecified atom stereocenters. The van der Waals surface area contributed by atoms with Crippen molar-refractivity contribution in [2.45, 2.75) is 13.0 Å². The van der Waals surface area contributed by atoms with Crippen LogP contribution in [0.15, 0.2) is 30.6 Å². The molecule has 0 saturated carbocycles. The molecule has 3 aromatic heterocycles. The van der Waals surface area contributed by atoms with Crippen LogP contribution in [0, 0.1) is 23.0 Å². The maximum Gasteiger partial charge on any atom is 0.215 e. The third-order valence-corrected chi connectivity index (χ3v) is 5.68. The first-order valence-electron chi connectivity index (χ1n) is 10.2. The molecular weight excluding hydrogens is 444 g/mol. The highest BCUT2D eigenvalue weighted by molar-refractivity contribution is 6.15. The Morgan fingerprint density at radius 2 is 1.94 bits per heavy atom. The van der Waals surface area contributed by atoms with E-state index in [9.17, 15) is 14.4 Å². The third kappa shape index (κ3) is 3.11. The van der Waals surface area contributed by atoms with Crippen molar-refractivity contribution in [1.29, 1.82) is 5.26 Å². The lowest BCUT2D eigenvalue weighted by Crippen LogP contribution is -2.13. The quantitative estimate of drug-likeness (QED) is 0.426. The molecule has 1 aliphatic rings. The zero-order valence-corrected chi connectivity index (χ0v) is 18.3. The maximum atomic E-state index is 15.2. The molecule has 2 bridgehead atoms. The summed E-state index contributed by atoms with van der Waals surface area (Å²) in [4.78, 5) is 18.0. The first kappa shape index (κ1) is 21.3. The summed E-state index contributed by atoms with van der Waals surface area (Å²) in [5.74, 6) is -2.11. The van der Waals surface area contributed by atoms with E-state index >= 15 is 4.39 Å². The zero-order chi connectivity index (χ0) is 24.3. The van der Waals surface area contributed by atoms with Crippen molar-refractivity contribution < 1.29 is 18.3 Å². The number of nitrogens with two attached hydrogens (primary N) is 1. The van der Waals surface area contributed by atoms with E-state index in [2.05, 4.69) is 15.2 Å². The largest absolute Gasteiger partial charge is 0.482 e. The molecule has 4 heterocycles. The minimum absolute atomic E-state index is 0.00688. The molecule has 4 aromatic rings. The number of pyridine rings is 1. The molecule has 170 valence electrons. The SMILES string of the molecule is C[C@H]1Oc2cc(cnc2N)-c2c(C#N)nn(C)c2C(=O)c2cn(C)nc2-c2c(F)cc(F)cc21. The van der Waals surface area contributed by atoms with Crippen molar-refractivity contribution in [2.75, 3.05) is 5.73 Å². The lowest BCUT2D eigenvalue weighted by Gasteiger charge is -2.21. The van der Waals surface area contributed by atoms with Crippen molar-refractivity contribution >= 4 is 11.6 Å². The topological polar surface area (TPSA) is 125 Å². The van der Waals surface area contributed by atoms with E-state index in [1.165, 1.54) is 34.9 Å². The van der Waals surface area contributed by atoms with Crippen molar-refractivity contribution in [3.05, 3.63) is 64.7 Å². The zero-order valence-electron chi connectivity index (χ0n) is 18.3. The van der Waals surface area contributed by atoms with Crippen LogP contribution in [0.2, 0.25) is 0 Å². The van der Waals surface area contributed by atoms with E-state index in [1.54, 1.807) is 14.0 Å². The van der Waals surface area contributed by atoms with Gasteiger partial charge in [-0.3, -0.25) is 14.2 Å². The number of hydrogen-bond donors (Lipinski definition) is 1. The van der Waals surface area contributed by atoms with Crippen LogP contribution >= 0.6 is 0 Å². The van der Waals surface area contributed by atoms with E-state index in [0.29, 0.717) is 5.56 Å².